The summed E-state index contributed by atoms with van der Waals surface area (Å²) in [6, 6.07) is 40.5. The molecule has 0 bridgehead atoms. The zero-order valence-electron chi connectivity index (χ0n) is 22.9. The lowest BCUT2D eigenvalue weighted by Crippen LogP contribution is -2.17. The Hall–Kier alpha value is -4.36. The second kappa shape index (κ2) is 7.61. The lowest BCUT2D eigenvalue weighted by Gasteiger charge is -2.24. The van der Waals surface area contributed by atoms with Crippen molar-refractivity contribution in [3.05, 3.63) is 131 Å². The molecule has 0 atom stereocenters. The molecule has 1 nitrogen and oxygen atoms in total. The predicted octanol–water partition coefficient (Wildman–Crippen LogP) is 10.3. The van der Waals surface area contributed by atoms with E-state index in [-0.39, 0.29) is 10.8 Å². The number of nitrogens with one attached hydrogen (secondary N) is 1. The van der Waals surface area contributed by atoms with Crippen molar-refractivity contribution in [3.8, 4) is 22.3 Å². The highest BCUT2D eigenvalue weighted by Crippen LogP contribution is 2.57. The van der Waals surface area contributed by atoms with Crippen LogP contribution < -0.4 is 5.32 Å². The van der Waals surface area contributed by atoms with Crippen molar-refractivity contribution in [2.75, 3.05) is 5.32 Å². The Labute approximate surface area is 230 Å². The van der Waals surface area contributed by atoms with E-state index in [1.807, 2.05) is 0 Å². The molecule has 0 fully saturated rings. The minimum Gasteiger partial charge on any atom is -0.356 e. The Morgan fingerprint density at radius 1 is 0.410 bits per heavy atom. The van der Waals surface area contributed by atoms with E-state index in [4.69, 9.17) is 0 Å². The topological polar surface area (TPSA) is 12.0 Å². The van der Waals surface area contributed by atoms with E-state index in [0.29, 0.717) is 0 Å². The van der Waals surface area contributed by atoms with Crippen LogP contribution in [0.4, 0.5) is 11.4 Å². The fourth-order valence-corrected chi connectivity index (χ4v) is 7.23. The molecule has 8 rings (SSSR count). The fraction of sp³-hybridized carbons (Fsp3) is 0.158. The molecule has 0 spiro atoms. The summed E-state index contributed by atoms with van der Waals surface area (Å²) in [7, 11) is 0. The SMILES string of the molecule is CC1(C)c2cc(Nc3ccccc3)ccc2-c2cc3c(cc21)-c1cc2ccc4ccccc4c2cc1C3(C)C. The summed E-state index contributed by atoms with van der Waals surface area (Å²) in [5.41, 5.74) is 13.3. The molecule has 6 aromatic rings. The van der Waals surface area contributed by atoms with Crippen LogP contribution in [0.25, 0.3) is 43.8 Å². The highest BCUT2D eigenvalue weighted by atomic mass is 14.9. The Morgan fingerprint density at radius 2 is 1.00 bits per heavy atom. The van der Waals surface area contributed by atoms with E-state index in [2.05, 4.69) is 142 Å². The molecule has 0 saturated heterocycles. The first kappa shape index (κ1) is 22.6. The molecule has 0 aliphatic heterocycles. The summed E-state index contributed by atoms with van der Waals surface area (Å²) in [6.07, 6.45) is 0. The zero-order chi connectivity index (χ0) is 26.5. The van der Waals surface area contributed by atoms with Crippen LogP contribution in [0.2, 0.25) is 0 Å². The number of para-hydroxylation sites is 1. The Kier molecular flexibility index (Phi) is 4.41. The quantitative estimate of drug-likeness (QED) is 0.233. The van der Waals surface area contributed by atoms with E-state index in [0.717, 1.165) is 11.4 Å². The number of hydrogen-bond acceptors (Lipinski definition) is 1. The molecule has 0 radical (unpaired) electrons. The maximum atomic E-state index is 3.60. The first-order valence-corrected chi connectivity index (χ1v) is 13.9. The van der Waals surface area contributed by atoms with Gasteiger partial charge in [0.25, 0.3) is 0 Å². The van der Waals surface area contributed by atoms with Crippen LogP contribution in [-0.4, -0.2) is 0 Å². The minimum absolute atomic E-state index is 0.0630. The van der Waals surface area contributed by atoms with Crippen LogP contribution >= 0.6 is 0 Å². The smallest absolute Gasteiger partial charge is 0.0387 e. The van der Waals surface area contributed by atoms with Gasteiger partial charge in [0, 0.05) is 22.2 Å². The van der Waals surface area contributed by atoms with Gasteiger partial charge in [-0.25, -0.2) is 0 Å². The molecule has 2 aliphatic carbocycles. The maximum absolute atomic E-state index is 3.60. The van der Waals surface area contributed by atoms with Gasteiger partial charge < -0.3 is 5.32 Å². The Balaban J connectivity index is 1.30. The number of benzene rings is 6. The summed E-state index contributed by atoms with van der Waals surface area (Å²) < 4.78 is 0. The molecule has 0 unspecified atom stereocenters. The van der Waals surface area contributed by atoms with Crippen molar-refractivity contribution in [1.82, 2.24) is 0 Å². The van der Waals surface area contributed by atoms with Gasteiger partial charge in [0.15, 0.2) is 0 Å². The largest absolute Gasteiger partial charge is 0.356 e. The molecule has 39 heavy (non-hydrogen) atoms. The van der Waals surface area contributed by atoms with Gasteiger partial charge in [0.1, 0.15) is 0 Å². The second-order valence-corrected chi connectivity index (χ2v) is 12.4. The average Bonchev–Trinajstić information content (AvgIpc) is 3.30. The molecular formula is C38H31N. The average molecular weight is 502 g/mol. The first-order valence-electron chi connectivity index (χ1n) is 13.9. The third kappa shape index (κ3) is 3.08. The summed E-state index contributed by atoms with van der Waals surface area (Å²) in [5, 5.41) is 8.90. The van der Waals surface area contributed by atoms with Crippen molar-refractivity contribution >= 4 is 32.9 Å². The minimum atomic E-state index is -0.0754. The van der Waals surface area contributed by atoms with Gasteiger partial charge >= 0.3 is 0 Å². The highest BCUT2D eigenvalue weighted by molar-refractivity contribution is 6.10. The molecule has 1 N–H and O–H groups in total. The summed E-state index contributed by atoms with van der Waals surface area (Å²) >= 11 is 0. The normalized spacial score (nSPS) is 15.6. The maximum Gasteiger partial charge on any atom is 0.0387 e. The Morgan fingerprint density at radius 3 is 1.77 bits per heavy atom. The third-order valence-electron chi connectivity index (χ3n) is 9.40. The monoisotopic (exact) mass is 501 g/mol. The van der Waals surface area contributed by atoms with Gasteiger partial charge in [0.2, 0.25) is 0 Å². The Bertz CT molecular complexity index is 1970. The summed E-state index contributed by atoms with van der Waals surface area (Å²) in [4.78, 5) is 0. The molecule has 0 saturated carbocycles. The van der Waals surface area contributed by atoms with Gasteiger partial charge in [-0.2, -0.15) is 0 Å². The van der Waals surface area contributed by atoms with E-state index in [1.54, 1.807) is 0 Å². The van der Waals surface area contributed by atoms with Crippen molar-refractivity contribution in [2.24, 2.45) is 0 Å². The van der Waals surface area contributed by atoms with Crippen LogP contribution in [-0.2, 0) is 10.8 Å². The molecular weight excluding hydrogens is 470 g/mol. The van der Waals surface area contributed by atoms with E-state index in [1.165, 1.54) is 66.1 Å². The lowest BCUT2D eigenvalue weighted by molar-refractivity contribution is 0.652. The summed E-state index contributed by atoms with van der Waals surface area (Å²) in [6.45, 7) is 9.55. The fourth-order valence-electron chi connectivity index (χ4n) is 7.23. The third-order valence-corrected chi connectivity index (χ3v) is 9.40. The van der Waals surface area contributed by atoms with Crippen LogP contribution in [0.1, 0.15) is 49.9 Å². The van der Waals surface area contributed by atoms with Crippen LogP contribution in [0, 0.1) is 0 Å². The number of anilines is 2. The van der Waals surface area contributed by atoms with Crippen LogP contribution in [0.5, 0.6) is 0 Å². The predicted molar refractivity (Wildman–Crippen MR) is 166 cm³/mol. The molecule has 1 heteroatoms. The number of rotatable bonds is 2. The van der Waals surface area contributed by atoms with Crippen molar-refractivity contribution in [2.45, 2.75) is 38.5 Å². The molecule has 188 valence electrons. The van der Waals surface area contributed by atoms with E-state index in [9.17, 15) is 0 Å². The summed E-state index contributed by atoms with van der Waals surface area (Å²) in [5.74, 6) is 0. The van der Waals surface area contributed by atoms with E-state index < -0.39 is 0 Å². The van der Waals surface area contributed by atoms with Crippen LogP contribution in [0.3, 0.4) is 0 Å². The molecule has 0 amide bonds. The zero-order valence-corrected chi connectivity index (χ0v) is 22.9. The molecule has 6 aromatic carbocycles. The number of fused-ring (bicyclic) bond motifs is 9. The first-order chi connectivity index (χ1) is 18.8. The second-order valence-electron chi connectivity index (χ2n) is 12.4. The van der Waals surface area contributed by atoms with Gasteiger partial charge in [-0.15, -0.1) is 0 Å². The van der Waals surface area contributed by atoms with Gasteiger partial charge in [-0.3, -0.25) is 0 Å². The van der Waals surface area contributed by atoms with Gasteiger partial charge in [-0.1, -0.05) is 88.4 Å². The lowest BCUT2D eigenvalue weighted by atomic mass is 9.79. The van der Waals surface area contributed by atoms with Crippen molar-refractivity contribution < 1.29 is 0 Å². The van der Waals surface area contributed by atoms with Crippen molar-refractivity contribution in [3.63, 3.8) is 0 Å². The number of hydrogen-bond donors (Lipinski definition) is 1. The molecule has 2 aliphatic rings. The highest BCUT2D eigenvalue weighted by Gasteiger charge is 2.41. The van der Waals surface area contributed by atoms with Gasteiger partial charge in [-0.05, 0) is 115 Å². The molecule has 0 aromatic heterocycles. The van der Waals surface area contributed by atoms with E-state index >= 15 is 0 Å². The standard InChI is InChI=1S/C38H31N/c1-37(2)33-19-26(39-25-11-6-5-7-12-25)16-17-28(33)31-21-36-32(22-35(31)37)30-18-24-15-14-23-10-8-9-13-27(23)29(24)20-34(30)38(36,3)4/h5-22,39H,1-4H3. The molecule has 0 heterocycles. The van der Waals surface area contributed by atoms with Crippen LogP contribution in [0.15, 0.2) is 109 Å². The van der Waals surface area contributed by atoms with Gasteiger partial charge in [0.05, 0.1) is 0 Å². The van der Waals surface area contributed by atoms with Crippen molar-refractivity contribution in [1.29, 1.82) is 0 Å².